The predicted molar refractivity (Wildman–Crippen MR) is 74.3 cm³/mol. The van der Waals surface area contributed by atoms with Crippen molar-refractivity contribution >= 4 is 17.1 Å². The van der Waals surface area contributed by atoms with E-state index in [4.69, 9.17) is 0 Å². The van der Waals surface area contributed by atoms with Crippen molar-refractivity contribution in [3.05, 3.63) is 22.4 Å². The maximum absolute atomic E-state index is 11.9. The zero-order valence-electron chi connectivity index (χ0n) is 11.3. The van der Waals surface area contributed by atoms with E-state index in [2.05, 4.69) is 29.3 Å². The number of thiophene rings is 1. The molecule has 3 heteroatoms. The Labute approximate surface area is 109 Å². The van der Waals surface area contributed by atoms with Crippen LogP contribution < -0.4 is 0 Å². The fourth-order valence-electron chi connectivity index (χ4n) is 1.61. The SMILES string of the molecule is CCN(CCC(=O)C(C)(C)C)Cc1cccs1. The molecule has 0 aliphatic carbocycles. The van der Waals surface area contributed by atoms with E-state index in [1.165, 1.54) is 4.88 Å². The van der Waals surface area contributed by atoms with Gasteiger partial charge in [0.2, 0.25) is 0 Å². The second-order valence-electron chi connectivity index (χ2n) is 5.37. The van der Waals surface area contributed by atoms with Gasteiger partial charge in [-0.25, -0.2) is 0 Å². The highest BCUT2D eigenvalue weighted by Crippen LogP contribution is 2.18. The average Bonchev–Trinajstić information content (AvgIpc) is 2.74. The molecule has 0 spiro atoms. The van der Waals surface area contributed by atoms with Gasteiger partial charge in [0.1, 0.15) is 5.78 Å². The number of nitrogens with zero attached hydrogens (tertiary/aromatic N) is 1. The number of carbonyl (C=O) groups excluding carboxylic acids is 1. The topological polar surface area (TPSA) is 20.3 Å². The molecule has 0 aliphatic heterocycles. The Bertz CT molecular complexity index is 338. The quantitative estimate of drug-likeness (QED) is 0.772. The van der Waals surface area contributed by atoms with Gasteiger partial charge in [-0.3, -0.25) is 9.69 Å². The molecule has 0 fully saturated rings. The molecule has 96 valence electrons. The summed E-state index contributed by atoms with van der Waals surface area (Å²) in [6.07, 6.45) is 0.655. The first-order valence-electron chi connectivity index (χ1n) is 6.21. The minimum absolute atomic E-state index is 0.206. The Kier molecular flexibility index (Phi) is 5.34. The van der Waals surface area contributed by atoms with Gasteiger partial charge < -0.3 is 0 Å². The summed E-state index contributed by atoms with van der Waals surface area (Å²) in [5.41, 5.74) is -0.206. The van der Waals surface area contributed by atoms with Gasteiger partial charge in [-0.2, -0.15) is 0 Å². The number of hydrogen-bond acceptors (Lipinski definition) is 3. The Hall–Kier alpha value is -0.670. The molecule has 0 bridgehead atoms. The molecule has 1 aromatic heterocycles. The van der Waals surface area contributed by atoms with Crippen molar-refractivity contribution in [3.63, 3.8) is 0 Å². The highest BCUT2D eigenvalue weighted by Gasteiger charge is 2.21. The third-order valence-corrected chi connectivity index (χ3v) is 3.76. The first kappa shape index (κ1) is 14.4. The van der Waals surface area contributed by atoms with Crippen LogP contribution in [0.25, 0.3) is 0 Å². The third kappa shape index (κ3) is 5.00. The second kappa shape index (κ2) is 6.31. The summed E-state index contributed by atoms with van der Waals surface area (Å²) in [4.78, 5) is 15.6. The molecule has 0 saturated heterocycles. The summed E-state index contributed by atoms with van der Waals surface area (Å²) in [6, 6.07) is 4.23. The van der Waals surface area contributed by atoms with E-state index in [9.17, 15) is 4.79 Å². The second-order valence-corrected chi connectivity index (χ2v) is 6.40. The van der Waals surface area contributed by atoms with Crippen LogP contribution in [-0.4, -0.2) is 23.8 Å². The maximum atomic E-state index is 11.9. The van der Waals surface area contributed by atoms with Crippen LogP contribution in [0.15, 0.2) is 17.5 Å². The van der Waals surface area contributed by atoms with Gasteiger partial charge in [-0.05, 0) is 18.0 Å². The van der Waals surface area contributed by atoms with E-state index in [-0.39, 0.29) is 5.41 Å². The number of hydrogen-bond donors (Lipinski definition) is 0. The molecule has 0 amide bonds. The van der Waals surface area contributed by atoms with Crippen LogP contribution in [-0.2, 0) is 11.3 Å². The van der Waals surface area contributed by atoms with Gasteiger partial charge >= 0.3 is 0 Å². The van der Waals surface area contributed by atoms with Gasteiger partial charge in [-0.15, -0.1) is 11.3 Å². The standard InChI is InChI=1S/C14H23NOS/c1-5-15(11-12-7-6-10-17-12)9-8-13(16)14(2,3)4/h6-7,10H,5,8-9,11H2,1-4H3. The number of ketones is 1. The molecule has 17 heavy (non-hydrogen) atoms. The van der Waals surface area contributed by atoms with Gasteiger partial charge in [0, 0.05) is 29.8 Å². The summed E-state index contributed by atoms with van der Waals surface area (Å²) in [7, 11) is 0. The van der Waals surface area contributed by atoms with E-state index >= 15 is 0 Å². The Morgan fingerprint density at radius 3 is 2.59 bits per heavy atom. The molecule has 0 radical (unpaired) electrons. The van der Waals surface area contributed by atoms with E-state index in [1.807, 2.05) is 20.8 Å². The number of carbonyl (C=O) groups is 1. The molecule has 1 aromatic rings. The van der Waals surface area contributed by atoms with E-state index in [0.717, 1.165) is 19.6 Å². The summed E-state index contributed by atoms with van der Waals surface area (Å²) >= 11 is 1.78. The normalized spacial score (nSPS) is 12.1. The number of rotatable bonds is 6. The smallest absolute Gasteiger partial charge is 0.139 e. The highest BCUT2D eigenvalue weighted by molar-refractivity contribution is 7.09. The van der Waals surface area contributed by atoms with Gasteiger partial charge in [0.15, 0.2) is 0 Å². The lowest BCUT2D eigenvalue weighted by Gasteiger charge is -2.22. The van der Waals surface area contributed by atoms with Gasteiger partial charge in [0.25, 0.3) is 0 Å². The Balaban J connectivity index is 2.40. The molecule has 0 N–H and O–H groups in total. The summed E-state index contributed by atoms with van der Waals surface area (Å²) < 4.78 is 0. The molecule has 0 aromatic carbocycles. The van der Waals surface area contributed by atoms with Crippen molar-refractivity contribution < 1.29 is 4.79 Å². The van der Waals surface area contributed by atoms with Gasteiger partial charge in [0.05, 0.1) is 0 Å². The van der Waals surface area contributed by atoms with Crippen molar-refractivity contribution in [3.8, 4) is 0 Å². The van der Waals surface area contributed by atoms with E-state index in [0.29, 0.717) is 12.2 Å². The third-order valence-electron chi connectivity index (χ3n) is 2.90. The summed E-state index contributed by atoms with van der Waals surface area (Å²) in [5.74, 6) is 0.349. The van der Waals surface area contributed by atoms with Crippen LogP contribution in [0.4, 0.5) is 0 Å². The first-order chi connectivity index (χ1) is 7.93. The van der Waals surface area contributed by atoms with Crippen LogP contribution in [0.2, 0.25) is 0 Å². The molecule has 0 saturated carbocycles. The molecule has 2 nitrogen and oxygen atoms in total. The Morgan fingerprint density at radius 2 is 2.12 bits per heavy atom. The fourth-order valence-corrected chi connectivity index (χ4v) is 2.35. The van der Waals surface area contributed by atoms with Crippen LogP contribution in [0.3, 0.4) is 0 Å². The van der Waals surface area contributed by atoms with Crippen LogP contribution in [0.1, 0.15) is 39.0 Å². The molecular weight excluding hydrogens is 230 g/mol. The molecule has 0 unspecified atom stereocenters. The lowest BCUT2D eigenvalue weighted by molar-refractivity contribution is -0.126. The Morgan fingerprint density at radius 1 is 1.41 bits per heavy atom. The molecule has 0 aliphatic rings. The minimum Gasteiger partial charge on any atom is -0.299 e. The van der Waals surface area contributed by atoms with Crippen molar-refractivity contribution in [2.45, 2.75) is 40.7 Å². The van der Waals surface area contributed by atoms with Crippen molar-refractivity contribution in [1.82, 2.24) is 4.90 Å². The van der Waals surface area contributed by atoms with Gasteiger partial charge in [-0.1, -0.05) is 33.8 Å². The minimum atomic E-state index is -0.206. The van der Waals surface area contributed by atoms with Crippen LogP contribution in [0.5, 0.6) is 0 Å². The van der Waals surface area contributed by atoms with E-state index < -0.39 is 0 Å². The molecule has 0 atom stereocenters. The van der Waals surface area contributed by atoms with Crippen molar-refractivity contribution in [1.29, 1.82) is 0 Å². The largest absolute Gasteiger partial charge is 0.299 e. The van der Waals surface area contributed by atoms with Crippen molar-refractivity contribution in [2.75, 3.05) is 13.1 Å². The lowest BCUT2D eigenvalue weighted by atomic mass is 9.89. The van der Waals surface area contributed by atoms with Crippen molar-refractivity contribution in [2.24, 2.45) is 5.41 Å². The lowest BCUT2D eigenvalue weighted by Crippen LogP contribution is -2.29. The zero-order valence-corrected chi connectivity index (χ0v) is 12.1. The highest BCUT2D eigenvalue weighted by atomic mass is 32.1. The molecular formula is C14H23NOS. The summed E-state index contributed by atoms with van der Waals surface area (Å²) in [6.45, 7) is 10.9. The van der Waals surface area contributed by atoms with E-state index in [1.54, 1.807) is 11.3 Å². The fraction of sp³-hybridized carbons (Fsp3) is 0.643. The maximum Gasteiger partial charge on any atom is 0.139 e. The predicted octanol–water partition coefficient (Wildman–Crippen LogP) is 3.58. The number of Topliss-reactive ketones (excluding diaryl/α,β-unsaturated/α-hetero) is 1. The van der Waals surface area contributed by atoms with Crippen LogP contribution >= 0.6 is 11.3 Å². The average molecular weight is 253 g/mol. The molecule has 1 rings (SSSR count). The first-order valence-corrected chi connectivity index (χ1v) is 7.09. The zero-order chi connectivity index (χ0) is 12.9. The monoisotopic (exact) mass is 253 g/mol. The summed E-state index contributed by atoms with van der Waals surface area (Å²) in [5, 5.41) is 2.10. The van der Waals surface area contributed by atoms with Crippen LogP contribution in [0, 0.1) is 5.41 Å². The molecule has 1 heterocycles.